The molecule has 0 bridgehead atoms. The lowest BCUT2D eigenvalue weighted by Crippen LogP contribution is -2.46. The van der Waals surface area contributed by atoms with Crippen LogP contribution in [0.5, 0.6) is 0 Å². The van der Waals surface area contributed by atoms with E-state index >= 15 is 0 Å². The first-order chi connectivity index (χ1) is 8.58. The number of rotatable bonds is 3. The summed E-state index contributed by atoms with van der Waals surface area (Å²) in [4.78, 5) is 25.4. The highest BCUT2D eigenvalue weighted by Gasteiger charge is 2.38. The molecule has 2 atom stereocenters. The number of nitrogens with zero attached hydrogens (tertiary/aromatic N) is 1. The molecule has 1 saturated carbocycles. The second kappa shape index (κ2) is 5.69. The Morgan fingerprint density at radius 2 is 1.72 bits per heavy atom. The van der Waals surface area contributed by atoms with E-state index in [9.17, 15) is 9.59 Å². The van der Waals surface area contributed by atoms with Crippen molar-refractivity contribution in [3.8, 4) is 0 Å². The Kier molecular flexibility index (Phi) is 4.22. The maximum atomic E-state index is 12.1. The second-order valence-corrected chi connectivity index (χ2v) is 5.57. The van der Waals surface area contributed by atoms with E-state index < -0.39 is 11.9 Å². The number of carboxylic acids is 1. The van der Waals surface area contributed by atoms with Gasteiger partial charge in [-0.1, -0.05) is 6.42 Å². The zero-order valence-corrected chi connectivity index (χ0v) is 10.9. The molecule has 102 valence electrons. The molecule has 2 aliphatic rings. The summed E-state index contributed by atoms with van der Waals surface area (Å²) in [5.41, 5.74) is 0. The number of amides is 1. The second-order valence-electron chi connectivity index (χ2n) is 5.57. The van der Waals surface area contributed by atoms with Crippen molar-refractivity contribution >= 4 is 11.9 Å². The molecule has 0 radical (unpaired) electrons. The molecule has 1 aliphatic heterocycles. The van der Waals surface area contributed by atoms with Gasteiger partial charge in [0.15, 0.2) is 0 Å². The van der Waals surface area contributed by atoms with Gasteiger partial charge < -0.3 is 15.3 Å². The number of likely N-dealkylation sites (tertiary alicyclic amines) is 1. The minimum atomic E-state index is -0.823. The highest BCUT2D eigenvalue weighted by atomic mass is 16.4. The molecule has 2 N–H and O–H groups in total. The molecule has 1 aliphatic carbocycles. The average Bonchev–Trinajstić information content (AvgIpc) is 2.81. The summed E-state index contributed by atoms with van der Waals surface area (Å²) in [6, 6.07) is 0.226. The van der Waals surface area contributed by atoms with Crippen LogP contribution in [0.4, 0.5) is 0 Å². The molecule has 0 aromatic rings. The Labute approximate surface area is 108 Å². The highest BCUT2D eigenvalue weighted by molar-refractivity contribution is 5.85. The smallest absolute Gasteiger partial charge is 0.307 e. The summed E-state index contributed by atoms with van der Waals surface area (Å²) < 4.78 is 0. The van der Waals surface area contributed by atoms with Crippen molar-refractivity contribution in [3.05, 3.63) is 0 Å². The van der Waals surface area contributed by atoms with Crippen molar-refractivity contribution in [1.29, 1.82) is 0 Å². The van der Waals surface area contributed by atoms with E-state index in [2.05, 4.69) is 17.3 Å². The van der Waals surface area contributed by atoms with E-state index in [4.69, 9.17) is 5.11 Å². The Bertz CT molecular complexity index is 324. The van der Waals surface area contributed by atoms with Crippen LogP contribution in [0.3, 0.4) is 0 Å². The van der Waals surface area contributed by atoms with E-state index in [-0.39, 0.29) is 17.9 Å². The first-order valence-electron chi connectivity index (χ1n) is 6.79. The number of nitrogens with one attached hydrogen (secondary N) is 1. The van der Waals surface area contributed by atoms with Gasteiger partial charge in [-0.2, -0.15) is 0 Å². The quantitative estimate of drug-likeness (QED) is 0.778. The molecule has 18 heavy (non-hydrogen) atoms. The van der Waals surface area contributed by atoms with E-state index in [0.29, 0.717) is 6.42 Å². The summed E-state index contributed by atoms with van der Waals surface area (Å²) in [5.74, 6) is -1.66. The largest absolute Gasteiger partial charge is 0.481 e. The Morgan fingerprint density at radius 3 is 2.33 bits per heavy atom. The maximum absolute atomic E-state index is 12.1. The first kappa shape index (κ1) is 13.3. The van der Waals surface area contributed by atoms with Crippen LogP contribution < -0.4 is 5.32 Å². The fourth-order valence-electron chi connectivity index (χ4n) is 3.03. The van der Waals surface area contributed by atoms with Gasteiger partial charge in [0.1, 0.15) is 0 Å². The van der Waals surface area contributed by atoms with Crippen LogP contribution in [-0.2, 0) is 9.59 Å². The first-order valence-corrected chi connectivity index (χ1v) is 6.79. The van der Waals surface area contributed by atoms with Crippen LogP contribution in [0, 0.1) is 11.8 Å². The number of piperidine rings is 1. The SMILES string of the molecule is CN1CCC(NC(=O)[C@@H]2CCC[C@@H]2C(=O)O)CC1. The van der Waals surface area contributed by atoms with Crippen LogP contribution >= 0.6 is 0 Å². The molecule has 2 fully saturated rings. The van der Waals surface area contributed by atoms with Gasteiger partial charge in [-0.3, -0.25) is 9.59 Å². The molecule has 0 spiro atoms. The molecule has 2 rings (SSSR count). The highest BCUT2D eigenvalue weighted by Crippen LogP contribution is 2.32. The van der Waals surface area contributed by atoms with Crippen LogP contribution in [0.1, 0.15) is 32.1 Å². The summed E-state index contributed by atoms with van der Waals surface area (Å²) >= 11 is 0. The predicted octanol–water partition coefficient (Wildman–Crippen LogP) is 0.698. The van der Waals surface area contributed by atoms with Gasteiger partial charge in [0.05, 0.1) is 11.8 Å². The van der Waals surface area contributed by atoms with Gasteiger partial charge in [0, 0.05) is 6.04 Å². The summed E-state index contributed by atoms with van der Waals surface area (Å²) in [7, 11) is 2.08. The summed E-state index contributed by atoms with van der Waals surface area (Å²) in [6.45, 7) is 2.00. The van der Waals surface area contributed by atoms with Crippen LogP contribution in [0.15, 0.2) is 0 Å². The zero-order chi connectivity index (χ0) is 13.1. The lowest BCUT2D eigenvalue weighted by atomic mass is 9.94. The number of carboxylic acid groups (broad SMARTS) is 1. The zero-order valence-electron chi connectivity index (χ0n) is 10.9. The van der Waals surface area contributed by atoms with Crippen molar-refractivity contribution in [2.24, 2.45) is 11.8 Å². The van der Waals surface area contributed by atoms with Gasteiger partial charge in [0.25, 0.3) is 0 Å². The van der Waals surface area contributed by atoms with E-state index in [1.54, 1.807) is 0 Å². The van der Waals surface area contributed by atoms with Crippen molar-refractivity contribution in [1.82, 2.24) is 10.2 Å². The van der Waals surface area contributed by atoms with Crippen molar-refractivity contribution in [2.75, 3.05) is 20.1 Å². The Hall–Kier alpha value is -1.10. The third-order valence-corrected chi connectivity index (χ3v) is 4.23. The molecular formula is C13H22N2O3. The van der Waals surface area contributed by atoms with Gasteiger partial charge >= 0.3 is 5.97 Å². The molecule has 0 aromatic carbocycles. The number of hydrogen-bond acceptors (Lipinski definition) is 3. The van der Waals surface area contributed by atoms with E-state index in [1.165, 1.54) is 0 Å². The molecule has 1 heterocycles. The van der Waals surface area contributed by atoms with Crippen molar-refractivity contribution in [2.45, 2.75) is 38.1 Å². The molecule has 5 heteroatoms. The molecule has 0 aromatic heterocycles. The Morgan fingerprint density at radius 1 is 1.11 bits per heavy atom. The maximum Gasteiger partial charge on any atom is 0.307 e. The summed E-state index contributed by atoms with van der Waals surface area (Å²) in [5, 5.41) is 12.1. The lowest BCUT2D eigenvalue weighted by Gasteiger charge is -2.30. The summed E-state index contributed by atoms with van der Waals surface area (Å²) in [6.07, 6.45) is 4.14. The van der Waals surface area contributed by atoms with E-state index in [0.717, 1.165) is 38.8 Å². The fourth-order valence-corrected chi connectivity index (χ4v) is 3.03. The third kappa shape index (κ3) is 3.02. The molecular weight excluding hydrogens is 232 g/mol. The average molecular weight is 254 g/mol. The normalized spacial score (nSPS) is 30.3. The van der Waals surface area contributed by atoms with E-state index in [1.807, 2.05) is 0 Å². The molecule has 1 amide bonds. The number of hydrogen-bond donors (Lipinski definition) is 2. The topological polar surface area (TPSA) is 69.6 Å². The molecule has 0 unspecified atom stereocenters. The monoisotopic (exact) mass is 254 g/mol. The van der Waals surface area contributed by atoms with Gasteiger partial charge in [-0.05, 0) is 45.8 Å². The molecule has 1 saturated heterocycles. The van der Waals surface area contributed by atoms with Crippen LogP contribution in [-0.4, -0.2) is 48.1 Å². The van der Waals surface area contributed by atoms with Crippen molar-refractivity contribution in [3.63, 3.8) is 0 Å². The minimum absolute atomic E-state index is 0.0468. The lowest BCUT2D eigenvalue weighted by molar-refractivity contribution is -0.146. The van der Waals surface area contributed by atoms with Crippen LogP contribution in [0.2, 0.25) is 0 Å². The number of carbonyl (C=O) groups is 2. The fraction of sp³-hybridized carbons (Fsp3) is 0.846. The third-order valence-electron chi connectivity index (χ3n) is 4.23. The van der Waals surface area contributed by atoms with Gasteiger partial charge in [-0.25, -0.2) is 0 Å². The Balaban J connectivity index is 1.86. The van der Waals surface area contributed by atoms with Gasteiger partial charge in [-0.15, -0.1) is 0 Å². The van der Waals surface area contributed by atoms with Crippen molar-refractivity contribution < 1.29 is 14.7 Å². The molecule has 5 nitrogen and oxygen atoms in total. The number of carbonyl (C=O) groups excluding carboxylic acids is 1. The van der Waals surface area contributed by atoms with Gasteiger partial charge in [0.2, 0.25) is 5.91 Å². The minimum Gasteiger partial charge on any atom is -0.481 e. The standard InChI is InChI=1S/C13H22N2O3/c1-15-7-5-9(6-8-15)14-12(16)10-3-2-4-11(10)13(17)18/h9-11H,2-8H2,1H3,(H,14,16)(H,17,18)/t10-,11+/m1/s1. The predicted molar refractivity (Wildman–Crippen MR) is 67.1 cm³/mol. The van der Waals surface area contributed by atoms with Crippen LogP contribution in [0.25, 0.3) is 0 Å². The number of aliphatic carboxylic acids is 1.